The number of nitrogens with one attached hydrogen (secondary N) is 2. The Morgan fingerprint density at radius 2 is 1.37 bits per heavy atom. The van der Waals surface area contributed by atoms with Crippen LogP contribution in [0.3, 0.4) is 0 Å². The molecular weight excluding hydrogens is 855 g/mol. The number of hydrogen-bond donors (Lipinski definition) is 2. The summed E-state index contributed by atoms with van der Waals surface area (Å²) >= 11 is 0. The second-order valence-corrected chi connectivity index (χ2v) is 20.9. The lowest BCUT2D eigenvalue weighted by atomic mass is 9.58. The normalized spacial score (nSPS) is 25.7. The van der Waals surface area contributed by atoms with Crippen molar-refractivity contribution in [3.63, 3.8) is 0 Å². The first-order chi connectivity index (χ1) is 32.3. The number of hydrogen-bond acceptors (Lipinski definition) is 8. The maximum Gasteiger partial charge on any atom is 0.277 e. The predicted octanol–water partition coefficient (Wildman–Crippen LogP) is 8.36. The third-order valence-corrected chi connectivity index (χ3v) is 15.7. The van der Waals surface area contributed by atoms with E-state index in [2.05, 4.69) is 40.0 Å². The first-order valence-electron chi connectivity index (χ1n) is 24.2. The molecule has 3 aromatic carbocycles. The Morgan fingerprint density at radius 3 is 1.99 bits per heavy atom. The highest BCUT2D eigenvalue weighted by Gasteiger charge is 2.53. The Morgan fingerprint density at radius 1 is 0.761 bits per heavy atom. The zero-order valence-corrected chi connectivity index (χ0v) is 38.2. The molecular formula is C53H56F2N6O6. The van der Waals surface area contributed by atoms with Gasteiger partial charge in [-0.2, -0.15) is 0 Å². The first-order valence-corrected chi connectivity index (χ1v) is 24.2. The zero-order chi connectivity index (χ0) is 46.3. The fourth-order valence-electron chi connectivity index (χ4n) is 12.6. The van der Waals surface area contributed by atoms with Crippen molar-refractivity contribution in [3.05, 3.63) is 117 Å². The number of aryl methyl sites for hydroxylation is 2. The predicted molar refractivity (Wildman–Crippen MR) is 243 cm³/mol. The van der Waals surface area contributed by atoms with Gasteiger partial charge in [0.25, 0.3) is 11.8 Å². The molecule has 6 aliphatic rings. The molecule has 4 atom stereocenters. The lowest BCUT2D eigenvalue weighted by Gasteiger charge is -2.53. The van der Waals surface area contributed by atoms with Crippen molar-refractivity contribution in [2.75, 3.05) is 13.1 Å². The van der Waals surface area contributed by atoms with E-state index in [9.17, 15) is 28.0 Å². The SMILES string of the molecule is CC(C)CC1C(=O)NC(c2cccc(CC3(C)CC(C4C(=O)NC(C5CCCC5)CN4C(=O)c4noc5c4CCc4cc(F)ccc4-5)C3)c2)CN1C(=O)c1noc2c1CCc1cc(F)ccc1-2. The second kappa shape index (κ2) is 16.9. The Bertz CT molecular complexity index is 2800. The van der Waals surface area contributed by atoms with Crippen LogP contribution in [0.1, 0.15) is 126 Å². The average molecular weight is 911 g/mol. The van der Waals surface area contributed by atoms with Crippen molar-refractivity contribution < 1.29 is 37.0 Å². The van der Waals surface area contributed by atoms with Gasteiger partial charge >= 0.3 is 0 Å². The van der Waals surface area contributed by atoms with Crippen LogP contribution in [0.4, 0.5) is 8.78 Å². The molecule has 2 saturated carbocycles. The zero-order valence-electron chi connectivity index (χ0n) is 38.2. The van der Waals surface area contributed by atoms with Gasteiger partial charge in [-0.3, -0.25) is 19.2 Å². The summed E-state index contributed by atoms with van der Waals surface area (Å²) in [5, 5.41) is 15.2. The number of benzene rings is 3. The third kappa shape index (κ3) is 7.83. The lowest BCUT2D eigenvalue weighted by Crippen LogP contribution is -2.67. The van der Waals surface area contributed by atoms with Gasteiger partial charge in [0, 0.05) is 41.4 Å². The summed E-state index contributed by atoms with van der Waals surface area (Å²) in [6.07, 6.45) is 8.98. The molecule has 2 N–H and O–H groups in total. The summed E-state index contributed by atoms with van der Waals surface area (Å²) in [5.41, 5.74) is 6.72. The molecule has 4 amide bonds. The number of carbonyl (C=O) groups is 4. The van der Waals surface area contributed by atoms with Gasteiger partial charge < -0.3 is 29.5 Å². The van der Waals surface area contributed by atoms with E-state index in [0.717, 1.165) is 78.3 Å². The minimum absolute atomic E-state index is 0.0693. The highest BCUT2D eigenvalue weighted by Crippen LogP contribution is 2.51. The van der Waals surface area contributed by atoms with E-state index in [1.807, 2.05) is 26.0 Å². The Hall–Kier alpha value is -6.18. The minimum atomic E-state index is -0.690. The quantitative estimate of drug-likeness (QED) is 0.150. The molecule has 14 heteroatoms. The van der Waals surface area contributed by atoms with E-state index >= 15 is 0 Å². The van der Waals surface area contributed by atoms with Crippen molar-refractivity contribution in [2.24, 2.45) is 23.2 Å². The van der Waals surface area contributed by atoms with Crippen LogP contribution in [0.2, 0.25) is 0 Å². The van der Waals surface area contributed by atoms with Crippen LogP contribution in [-0.4, -0.2) is 75.0 Å². The Balaban J connectivity index is 0.811. The van der Waals surface area contributed by atoms with Gasteiger partial charge in [-0.1, -0.05) is 68.2 Å². The molecule has 0 spiro atoms. The molecule has 4 aliphatic carbocycles. The monoisotopic (exact) mass is 910 g/mol. The summed E-state index contributed by atoms with van der Waals surface area (Å²) in [7, 11) is 0. The number of rotatable bonds is 9. The number of nitrogens with zero attached hydrogens (tertiary/aromatic N) is 4. The van der Waals surface area contributed by atoms with Crippen molar-refractivity contribution in [3.8, 4) is 22.6 Å². The van der Waals surface area contributed by atoms with E-state index in [0.29, 0.717) is 67.2 Å². The van der Waals surface area contributed by atoms with Crippen molar-refractivity contribution >= 4 is 23.6 Å². The van der Waals surface area contributed by atoms with E-state index < -0.39 is 18.1 Å². The molecule has 67 heavy (non-hydrogen) atoms. The summed E-state index contributed by atoms with van der Waals surface area (Å²) in [5.74, 6) is -0.271. The summed E-state index contributed by atoms with van der Waals surface area (Å²) < 4.78 is 39.8. The van der Waals surface area contributed by atoms with Crippen LogP contribution in [0, 0.1) is 34.8 Å². The van der Waals surface area contributed by atoms with Gasteiger partial charge in [-0.15, -0.1) is 0 Å². The molecule has 4 heterocycles. The van der Waals surface area contributed by atoms with Gasteiger partial charge in [-0.05, 0) is 146 Å². The smallest absolute Gasteiger partial charge is 0.277 e. The standard InChI is InChI=1S/C53H56F2N6O6/c1-28(2)19-43-49(62)56-42(26-60(43)51(64)44-39-15-11-31-21-35(54)13-17-37(31)47(39)66-58-44)33-10-6-7-29(20-33)23-53(3)24-34(25-53)46-50(63)57-41(30-8-4-5-9-30)27-61(46)52(65)45-40-16-12-32-22-36(55)14-18-38(32)48(40)67-59-45/h6-7,10,13-14,17-18,20-22,28,30,34,41-43,46H,4-5,8-9,11-12,15-16,19,23-27H2,1-3H3,(H,56,62)(H,57,63). The molecule has 12 nitrogen and oxygen atoms in total. The van der Waals surface area contributed by atoms with Crippen LogP contribution in [0.15, 0.2) is 69.7 Å². The average Bonchev–Trinajstić information content (AvgIpc) is 4.09. The van der Waals surface area contributed by atoms with Gasteiger partial charge in [0.15, 0.2) is 22.9 Å². The molecule has 4 unspecified atom stereocenters. The number of fused-ring (bicyclic) bond motifs is 6. The summed E-state index contributed by atoms with van der Waals surface area (Å²) in [6, 6.07) is 15.3. The topological polar surface area (TPSA) is 151 Å². The van der Waals surface area contributed by atoms with Gasteiger partial charge in [-0.25, -0.2) is 8.78 Å². The van der Waals surface area contributed by atoms with E-state index in [-0.39, 0.29) is 76.5 Å². The third-order valence-electron chi connectivity index (χ3n) is 15.7. The highest BCUT2D eigenvalue weighted by atomic mass is 19.1. The number of aromatic nitrogens is 2. The molecule has 0 radical (unpaired) electrons. The van der Waals surface area contributed by atoms with E-state index in [1.54, 1.807) is 21.9 Å². The number of carbonyl (C=O) groups excluding carboxylic acids is 4. The number of halogens is 2. The van der Waals surface area contributed by atoms with Crippen LogP contribution >= 0.6 is 0 Å². The van der Waals surface area contributed by atoms with Crippen molar-refractivity contribution in [1.29, 1.82) is 0 Å². The highest BCUT2D eigenvalue weighted by molar-refractivity contribution is 6.00. The van der Waals surface area contributed by atoms with Gasteiger partial charge in [0.05, 0.1) is 6.04 Å². The Kier molecular flexibility index (Phi) is 10.9. The van der Waals surface area contributed by atoms with E-state index in [4.69, 9.17) is 9.05 Å². The van der Waals surface area contributed by atoms with Crippen LogP contribution in [-0.2, 0) is 41.7 Å². The van der Waals surface area contributed by atoms with Crippen LogP contribution in [0.5, 0.6) is 0 Å². The van der Waals surface area contributed by atoms with Gasteiger partial charge in [0.1, 0.15) is 23.7 Å². The molecule has 2 aliphatic heterocycles. The second-order valence-electron chi connectivity index (χ2n) is 20.9. The molecule has 2 saturated heterocycles. The maximum atomic E-state index is 14.7. The van der Waals surface area contributed by atoms with Crippen LogP contribution in [0.25, 0.3) is 22.6 Å². The van der Waals surface area contributed by atoms with Crippen molar-refractivity contribution in [1.82, 2.24) is 30.7 Å². The number of amides is 4. The summed E-state index contributed by atoms with van der Waals surface area (Å²) in [6.45, 7) is 6.95. The summed E-state index contributed by atoms with van der Waals surface area (Å²) in [4.78, 5) is 60.9. The maximum absolute atomic E-state index is 14.7. The molecule has 2 aromatic heterocycles. The van der Waals surface area contributed by atoms with Crippen LogP contribution < -0.4 is 10.6 Å². The molecule has 11 rings (SSSR count). The molecule has 348 valence electrons. The Labute approximate surface area is 388 Å². The largest absolute Gasteiger partial charge is 0.355 e. The molecule has 0 bridgehead atoms. The molecule has 5 aromatic rings. The van der Waals surface area contributed by atoms with Crippen molar-refractivity contribution in [2.45, 2.75) is 122 Å². The fraction of sp³-hybridized carbons (Fsp3) is 0.472. The van der Waals surface area contributed by atoms with E-state index in [1.165, 1.54) is 24.3 Å². The lowest BCUT2D eigenvalue weighted by molar-refractivity contribution is -0.136. The van der Waals surface area contributed by atoms with Gasteiger partial charge in [0.2, 0.25) is 11.8 Å². The molecule has 4 fully saturated rings. The minimum Gasteiger partial charge on any atom is -0.355 e. The first kappa shape index (κ1) is 43.4. The number of piperazine rings is 2. The fourth-order valence-corrected chi connectivity index (χ4v) is 12.6.